The first-order chi connectivity index (χ1) is 10.1. The number of rotatable bonds is 3. The number of nitrogens with two attached hydrogens (primary N) is 1. The number of aliphatic hydroxyl groups excluding tert-OH is 1. The number of ether oxygens (including phenoxy) is 1. The van der Waals surface area contributed by atoms with Crippen molar-refractivity contribution in [2.75, 3.05) is 12.8 Å². The number of aromatic nitrogens is 2. The zero-order chi connectivity index (χ0) is 15.0. The minimum Gasteiger partial charge on any atom is -0.496 e. The molecule has 0 amide bonds. The molecule has 108 valence electrons. The number of imidazole rings is 1. The number of fused-ring (bicyclic) bond motifs is 1. The Morgan fingerprint density at radius 3 is 2.76 bits per heavy atom. The Morgan fingerprint density at radius 1 is 1.29 bits per heavy atom. The molecule has 21 heavy (non-hydrogen) atoms. The van der Waals surface area contributed by atoms with E-state index in [2.05, 4.69) is 20.9 Å². The van der Waals surface area contributed by atoms with Gasteiger partial charge in [0.05, 0.1) is 22.6 Å². The fourth-order valence-corrected chi connectivity index (χ4v) is 2.86. The fourth-order valence-electron chi connectivity index (χ4n) is 2.34. The normalized spacial score (nSPS) is 11.0. The summed E-state index contributed by atoms with van der Waals surface area (Å²) in [6.07, 6.45) is 0. The Bertz CT molecular complexity index is 814. The third-order valence-corrected chi connectivity index (χ3v) is 3.90. The van der Waals surface area contributed by atoms with Gasteiger partial charge < -0.3 is 15.6 Å². The maximum atomic E-state index is 9.57. The highest BCUT2D eigenvalue weighted by Gasteiger charge is 2.13. The molecule has 3 aromatic rings. The molecule has 1 aromatic heterocycles. The number of hydrogen-bond donors (Lipinski definition) is 2. The predicted molar refractivity (Wildman–Crippen MR) is 85.7 cm³/mol. The Kier molecular flexibility index (Phi) is 3.57. The van der Waals surface area contributed by atoms with Crippen molar-refractivity contribution in [1.82, 2.24) is 9.55 Å². The quantitative estimate of drug-likeness (QED) is 0.714. The van der Waals surface area contributed by atoms with Crippen molar-refractivity contribution in [3.63, 3.8) is 0 Å². The van der Waals surface area contributed by atoms with E-state index < -0.39 is 0 Å². The zero-order valence-corrected chi connectivity index (χ0v) is 13.0. The van der Waals surface area contributed by atoms with Gasteiger partial charge in [0, 0.05) is 11.4 Å². The highest BCUT2D eigenvalue weighted by atomic mass is 79.9. The van der Waals surface area contributed by atoms with E-state index in [0.29, 0.717) is 11.5 Å². The number of nitrogens with zero attached hydrogens (tertiary/aromatic N) is 2. The van der Waals surface area contributed by atoms with Gasteiger partial charge in [0.1, 0.15) is 18.2 Å². The summed E-state index contributed by atoms with van der Waals surface area (Å²) in [5, 5.41) is 9.57. The van der Waals surface area contributed by atoms with Gasteiger partial charge in [-0.2, -0.15) is 0 Å². The second-order valence-electron chi connectivity index (χ2n) is 4.59. The molecule has 3 N–H and O–H groups in total. The van der Waals surface area contributed by atoms with Crippen LogP contribution in [0.4, 0.5) is 5.69 Å². The summed E-state index contributed by atoms with van der Waals surface area (Å²) < 4.78 is 7.98. The van der Waals surface area contributed by atoms with E-state index in [1.165, 1.54) is 0 Å². The number of nitrogen functional groups attached to an aromatic ring is 1. The SMILES string of the molecule is COc1ccc(-n2c(CO)nc3cc(N)ccc32)cc1Br. The van der Waals surface area contributed by atoms with E-state index in [0.717, 1.165) is 26.9 Å². The molecule has 1 heterocycles. The molecule has 0 saturated heterocycles. The van der Waals surface area contributed by atoms with Crippen LogP contribution in [0, 0.1) is 0 Å². The summed E-state index contributed by atoms with van der Waals surface area (Å²) in [5.74, 6) is 1.31. The highest BCUT2D eigenvalue weighted by molar-refractivity contribution is 9.10. The van der Waals surface area contributed by atoms with Crippen molar-refractivity contribution >= 4 is 32.7 Å². The molecule has 6 heteroatoms. The topological polar surface area (TPSA) is 73.3 Å². The van der Waals surface area contributed by atoms with E-state index >= 15 is 0 Å². The lowest BCUT2D eigenvalue weighted by molar-refractivity contribution is 0.270. The Morgan fingerprint density at radius 2 is 2.10 bits per heavy atom. The van der Waals surface area contributed by atoms with Gasteiger partial charge in [0.25, 0.3) is 0 Å². The summed E-state index contributed by atoms with van der Waals surface area (Å²) in [4.78, 5) is 4.43. The van der Waals surface area contributed by atoms with Gasteiger partial charge in [-0.15, -0.1) is 0 Å². The van der Waals surface area contributed by atoms with Crippen LogP contribution in [-0.2, 0) is 6.61 Å². The molecule has 0 bridgehead atoms. The van der Waals surface area contributed by atoms with E-state index in [4.69, 9.17) is 10.5 Å². The molecule has 2 aromatic carbocycles. The van der Waals surface area contributed by atoms with Crippen molar-refractivity contribution in [1.29, 1.82) is 0 Å². The van der Waals surface area contributed by atoms with Crippen molar-refractivity contribution in [3.8, 4) is 11.4 Å². The number of benzene rings is 2. The first-order valence-electron chi connectivity index (χ1n) is 6.35. The van der Waals surface area contributed by atoms with Crippen LogP contribution in [0.25, 0.3) is 16.7 Å². The second-order valence-corrected chi connectivity index (χ2v) is 5.44. The maximum Gasteiger partial charge on any atom is 0.140 e. The molecule has 0 saturated carbocycles. The van der Waals surface area contributed by atoms with Crippen LogP contribution in [0.15, 0.2) is 40.9 Å². The van der Waals surface area contributed by atoms with Crippen LogP contribution in [0.5, 0.6) is 5.75 Å². The molecule has 0 atom stereocenters. The standard InChI is InChI=1S/C15H14BrN3O2/c1-21-14-5-3-10(7-11(14)16)19-13-4-2-9(17)6-12(13)18-15(19)8-20/h2-7,20H,8,17H2,1H3. The Balaban J connectivity index is 2.25. The molecule has 0 radical (unpaired) electrons. The number of hydrogen-bond acceptors (Lipinski definition) is 4. The van der Waals surface area contributed by atoms with Gasteiger partial charge in [-0.25, -0.2) is 4.98 Å². The lowest BCUT2D eigenvalue weighted by Crippen LogP contribution is -2.01. The molecule has 0 spiro atoms. The van der Waals surface area contributed by atoms with Crippen LogP contribution in [0.2, 0.25) is 0 Å². The molecule has 0 aliphatic carbocycles. The molecule has 3 rings (SSSR count). The molecule has 5 nitrogen and oxygen atoms in total. The molecule has 0 aliphatic heterocycles. The van der Waals surface area contributed by atoms with Crippen molar-refractivity contribution in [2.45, 2.75) is 6.61 Å². The fraction of sp³-hybridized carbons (Fsp3) is 0.133. The van der Waals surface area contributed by atoms with Crippen LogP contribution in [-0.4, -0.2) is 21.8 Å². The minimum atomic E-state index is -0.155. The number of methoxy groups -OCH3 is 1. The highest BCUT2D eigenvalue weighted by Crippen LogP contribution is 2.30. The molecular formula is C15H14BrN3O2. The predicted octanol–water partition coefficient (Wildman–Crippen LogP) is 2.87. The smallest absolute Gasteiger partial charge is 0.140 e. The summed E-state index contributed by atoms with van der Waals surface area (Å²) in [7, 11) is 1.62. The average molecular weight is 348 g/mol. The van der Waals surface area contributed by atoms with Gasteiger partial charge in [-0.3, -0.25) is 4.57 Å². The van der Waals surface area contributed by atoms with E-state index in [-0.39, 0.29) is 6.61 Å². The van der Waals surface area contributed by atoms with Crippen LogP contribution in [0.3, 0.4) is 0 Å². The van der Waals surface area contributed by atoms with E-state index in [1.807, 2.05) is 34.9 Å². The molecular weight excluding hydrogens is 334 g/mol. The number of anilines is 1. The summed E-state index contributed by atoms with van der Waals surface area (Å²) in [6.45, 7) is -0.155. The largest absolute Gasteiger partial charge is 0.496 e. The first-order valence-corrected chi connectivity index (χ1v) is 7.15. The molecule has 0 aliphatic rings. The van der Waals surface area contributed by atoms with Crippen molar-refractivity contribution < 1.29 is 9.84 Å². The van der Waals surface area contributed by atoms with Gasteiger partial charge in [-0.1, -0.05) is 0 Å². The zero-order valence-electron chi connectivity index (χ0n) is 11.4. The molecule has 0 fully saturated rings. The minimum absolute atomic E-state index is 0.155. The van der Waals surface area contributed by atoms with Crippen LogP contribution < -0.4 is 10.5 Å². The number of halogens is 1. The third kappa shape index (κ3) is 2.36. The van der Waals surface area contributed by atoms with E-state index in [1.54, 1.807) is 13.2 Å². The lowest BCUT2D eigenvalue weighted by atomic mass is 10.2. The monoisotopic (exact) mass is 347 g/mol. The molecule has 0 unspecified atom stereocenters. The van der Waals surface area contributed by atoms with Gasteiger partial charge in [0.15, 0.2) is 0 Å². The summed E-state index contributed by atoms with van der Waals surface area (Å²) in [6, 6.07) is 11.2. The second kappa shape index (κ2) is 5.38. The Hall–Kier alpha value is -2.05. The average Bonchev–Trinajstić information content (AvgIpc) is 2.84. The van der Waals surface area contributed by atoms with E-state index in [9.17, 15) is 5.11 Å². The van der Waals surface area contributed by atoms with Crippen molar-refractivity contribution in [2.24, 2.45) is 0 Å². The van der Waals surface area contributed by atoms with Crippen LogP contribution >= 0.6 is 15.9 Å². The van der Waals surface area contributed by atoms with Gasteiger partial charge in [0.2, 0.25) is 0 Å². The Labute approximate surface area is 130 Å². The third-order valence-electron chi connectivity index (χ3n) is 3.28. The lowest BCUT2D eigenvalue weighted by Gasteiger charge is -2.10. The van der Waals surface area contributed by atoms with Crippen LogP contribution in [0.1, 0.15) is 5.82 Å². The number of aliphatic hydroxyl groups is 1. The summed E-state index contributed by atoms with van der Waals surface area (Å²) in [5.41, 5.74) is 8.97. The summed E-state index contributed by atoms with van der Waals surface area (Å²) >= 11 is 3.47. The van der Waals surface area contributed by atoms with Gasteiger partial charge in [-0.05, 0) is 52.3 Å². The maximum absolute atomic E-state index is 9.57. The van der Waals surface area contributed by atoms with Crippen molar-refractivity contribution in [3.05, 3.63) is 46.7 Å². The van der Waals surface area contributed by atoms with Gasteiger partial charge >= 0.3 is 0 Å². The first kappa shape index (κ1) is 13.9.